The van der Waals surface area contributed by atoms with Crippen LogP contribution in [0, 0.1) is 0 Å². The van der Waals surface area contributed by atoms with Crippen LogP contribution in [0.15, 0.2) is 168 Å². The van der Waals surface area contributed by atoms with Crippen LogP contribution in [0.2, 0.25) is 0 Å². The Hall–Kier alpha value is -5.11. The van der Waals surface area contributed by atoms with Crippen LogP contribution in [0.25, 0.3) is 65.7 Å². The Morgan fingerprint density at radius 2 is 0.913 bits per heavy atom. The van der Waals surface area contributed by atoms with Crippen molar-refractivity contribution in [3.8, 4) is 33.4 Å². The highest BCUT2D eigenvalue weighted by atomic mass is 32.2. The van der Waals surface area contributed by atoms with Crippen LogP contribution < -0.4 is 0 Å². The fourth-order valence-corrected chi connectivity index (χ4v) is 8.81. The molecule has 0 saturated heterocycles. The summed E-state index contributed by atoms with van der Waals surface area (Å²) in [6, 6.07) is 58.1. The lowest BCUT2D eigenvalue weighted by Gasteiger charge is -2.23. The Bertz CT molecular complexity index is 2390. The monoisotopic (exact) mass is 604 g/mol. The molecular weight excluding hydrogens is 573 g/mol. The first kappa shape index (κ1) is 27.2. The van der Waals surface area contributed by atoms with Gasteiger partial charge in [-0.05, 0) is 95.0 Å². The number of hydrogen-bond acceptors (Lipinski definition) is 1. The molecular formula is C45H32S. The molecule has 0 aromatic heterocycles. The standard InChI is InChI=1S/C45H32S/c1-45(2)40-23-13-12-22-38(40)43-33-17-7-6-16-32(33)39(28-41(43)45)29-24-26-31(27-25-29)46-44-36-20-10-8-18-34(36)42(30-14-4-3-5-15-30)35-19-9-11-21-37(35)44/h3-28H,1-2H3. The van der Waals surface area contributed by atoms with E-state index in [1.54, 1.807) is 0 Å². The first-order chi connectivity index (χ1) is 22.6. The smallest absolute Gasteiger partial charge is 0.0279 e. The summed E-state index contributed by atoms with van der Waals surface area (Å²) in [6.07, 6.45) is 0. The van der Waals surface area contributed by atoms with E-state index in [9.17, 15) is 0 Å². The third-order valence-corrected chi connectivity index (χ3v) is 11.1. The summed E-state index contributed by atoms with van der Waals surface area (Å²) in [4.78, 5) is 2.55. The average Bonchev–Trinajstić information content (AvgIpc) is 3.34. The van der Waals surface area contributed by atoms with Crippen molar-refractivity contribution in [3.63, 3.8) is 0 Å². The fourth-order valence-electron chi connectivity index (χ4n) is 7.72. The van der Waals surface area contributed by atoms with E-state index < -0.39 is 0 Å². The van der Waals surface area contributed by atoms with Crippen LogP contribution >= 0.6 is 11.8 Å². The van der Waals surface area contributed by atoms with Crippen molar-refractivity contribution in [1.82, 2.24) is 0 Å². The van der Waals surface area contributed by atoms with Crippen LogP contribution in [0.5, 0.6) is 0 Å². The average molecular weight is 605 g/mol. The van der Waals surface area contributed by atoms with Crippen LogP contribution in [0.4, 0.5) is 0 Å². The minimum absolute atomic E-state index is 0.0471. The highest BCUT2D eigenvalue weighted by Gasteiger charge is 2.36. The van der Waals surface area contributed by atoms with E-state index in [1.165, 1.54) is 86.6 Å². The summed E-state index contributed by atoms with van der Waals surface area (Å²) in [5.41, 5.74) is 10.7. The Balaban J connectivity index is 1.17. The Morgan fingerprint density at radius 3 is 1.57 bits per heavy atom. The van der Waals surface area contributed by atoms with Gasteiger partial charge in [-0.3, -0.25) is 0 Å². The fraction of sp³-hybridized carbons (Fsp3) is 0.0667. The summed E-state index contributed by atoms with van der Waals surface area (Å²) in [7, 11) is 0. The first-order valence-electron chi connectivity index (χ1n) is 16.0. The van der Waals surface area contributed by atoms with Crippen LogP contribution in [-0.2, 0) is 5.41 Å². The topological polar surface area (TPSA) is 0 Å². The van der Waals surface area contributed by atoms with Crippen LogP contribution in [0.3, 0.4) is 0 Å². The molecule has 0 unspecified atom stereocenters. The van der Waals surface area contributed by atoms with Crippen molar-refractivity contribution >= 4 is 44.1 Å². The number of hydrogen-bond donors (Lipinski definition) is 0. The molecule has 0 fully saturated rings. The molecule has 0 bridgehead atoms. The Kier molecular flexibility index (Phi) is 6.20. The zero-order valence-corrected chi connectivity index (χ0v) is 26.7. The van der Waals surface area contributed by atoms with Crippen LogP contribution in [0.1, 0.15) is 25.0 Å². The molecule has 0 spiro atoms. The van der Waals surface area contributed by atoms with Gasteiger partial charge in [0.25, 0.3) is 0 Å². The van der Waals surface area contributed by atoms with Gasteiger partial charge in [-0.25, -0.2) is 0 Å². The van der Waals surface area contributed by atoms with Gasteiger partial charge in [-0.2, -0.15) is 0 Å². The van der Waals surface area contributed by atoms with Gasteiger partial charge in [0.1, 0.15) is 0 Å². The van der Waals surface area contributed by atoms with Gasteiger partial charge in [-0.1, -0.05) is 165 Å². The molecule has 8 aromatic rings. The van der Waals surface area contributed by atoms with E-state index in [-0.39, 0.29) is 5.41 Å². The summed E-state index contributed by atoms with van der Waals surface area (Å²) in [5.74, 6) is 0. The Morgan fingerprint density at radius 1 is 0.391 bits per heavy atom. The molecule has 1 heteroatoms. The summed E-state index contributed by atoms with van der Waals surface area (Å²) in [6.45, 7) is 4.74. The maximum Gasteiger partial charge on any atom is 0.0279 e. The molecule has 218 valence electrons. The number of rotatable bonds is 4. The van der Waals surface area contributed by atoms with Gasteiger partial charge in [0.05, 0.1) is 0 Å². The van der Waals surface area contributed by atoms with Gasteiger partial charge >= 0.3 is 0 Å². The zero-order chi connectivity index (χ0) is 30.8. The van der Waals surface area contributed by atoms with Crippen LogP contribution in [-0.4, -0.2) is 0 Å². The first-order valence-corrected chi connectivity index (χ1v) is 16.8. The van der Waals surface area contributed by atoms with E-state index in [0.29, 0.717) is 0 Å². The van der Waals surface area contributed by atoms with Gasteiger partial charge in [0.2, 0.25) is 0 Å². The lowest BCUT2D eigenvalue weighted by Crippen LogP contribution is -2.15. The van der Waals surface area contributed by atoms with Crippen molar-refractivity contribution in [2.75, 3.05) is 0 Å². The van der Waals surface area contributed by atoms with Crippen molar-refractivity contribution in [2.45, 2.75) is 29.1 Å². The predicted octanol–water partition coefficient (Wildman–Crippen LogP) is 12.9. The molecule has 0 nitrogen and oxygen atoms in total. The molecule has 0 amide bonds. The molecule has 0 N–H and O–H groups in total. The van der Waals surface area contributed by atoms with Gasteiger partial charge in [-0.15, -0.1) is 0 Å². The highest BCUT2D eigenvalue weighted by Crippen LogP contribution is 2.53. The second-order valence-corrected chi connectivity index (χ2v) is 13.9. The quantitative estimate of drug-likeness (QED) is 0.180. The van der Waals surface area contributed by atoms with Gasteiger partial charge in [0.15, 0.2) is 0 Å². The maximum absolute atomic E-state index is 2.46. The normalized spacial score (nSPS) is 13.3. The lowest BCUT2D eigenvalue weighted by atomic mass is 9.80. The second-order valence-electron chi connectivity index (χ2n) is 12.9. The molecule has 1 aliphatic rings. The third-order valence-electron chi connectivity index (χ3n) is 9.92. The van der Waals surface area contributed by atoms with Crippen molar-refractivity contribution in [3.05, 3.63) is 169 Å². The minimum Gasteiger partial charge on any atom is -0.0888 e. The van der Waals surface area contributed by atoms with E-state index in [4.69, 9.17) is 0 Å². The Labute approximate surface area is 274 Å². The van der Waals surface area contributed by atoms with E-state index in [1.807, 2.05) is 11.8 Å². The summed E-state index contributed by atoms with van der Waals surface area (Å²) in [5, 5.41) is 7.81. The molecule has 46 heavy (non-hydrogen) atoms. The SMILES string of the molecule is CC1(C)c2ccccc2-c2c1cc(-c1ccc(Sc3c4ccccc4c(-c4ccccc4)c4ccccc34)cc1)c1ccccc21. The number of benzene rings is 8. The second kappa shape index (κ2) is 10.5. The van der Waals surface area contributed by atoms with E-state index >= 15 is 0 Å². The van der Waals surface area contributed by atoms with Gasteiger partial charge in [0, 0.05) is 15.2 Å². The van der Waals surface area contributed by atoms with E-state index in [2.05, 4.69) is 172 Å². The molecule has 0 atom stereocenters. The highest BCUT2D eigenvalue weighted by molar-refractivity contribution is 7.99. The molecule has 0 aliphatic heterocycles. The maximum atomic E-state index is 2.46. The predicted molar refractivity (Wildman–Crippen MR) is 198 cm³/mol. The summed E-state index contributed by atoms with van der Waals surface area (Å²) < 4.78 is 0. The largest absolute Gasteiger partial charge is 0.0888 e. The lowest BCUT2D eigenvalue weighted by molar-refractivity contribution is 0.661. The minimum atomic E-state index is -0.0471. The van der Waals surface area contributed by atoms with Gasteiger partial charge < -0.3 is 0 Å². The van der Waals surface area contributed by atoms with E-state index in [0.717, 1.165) is 0 Å². The molecule has 9 rings (SSSR count). The molecule has 0 radical (unpaired) electrons. The van der Waals surface area contributed by atoms with Crippen molar-refractivity contribution < 1.29 is 0 Å². The third kappa shape index (κ3) is 4.09. The molecule has 0 saturated carbocycles. The summed E-state index contributed by atoms with van der Waals surface area (Å²) >= 11 is 1.87. The number of fused-ring (bicyclic) bond motifs is 7. The van der Waals surface area contributed by atoms with Crippen molar-refractivity contribution in [2.24, 2.45) is 0 Å². The zero-order valence-electron chi connectivity index (χ0n) is 25.9. The molecule has 0 heterocycles. The van der Waals surface area contributed by atoms with Crippen molar-refractivity contribution in [1.29, 1.82) is 0 Å². The molecule has 1 aliphatic carbocycles. The molecule has 8 aromatic carbocycles.